The van der Waals surface area contributed by atoms with Crippen molar-refractivity contribution >= 4 is 0 Å². The molecule has 0 bridgehead atoms. The van der Waals surface area contributed by atoms with E-state index in [0.29, 0.717) is 0 Å². The summed E-state index contributed by atoms with van der Waals surface area (Å²) in [5, 5.41) is 3.68. The van der Waals surface area contributed by atoms with Crippen LogP contribution in [0.2, 0.25) is 0 Å². The van der Waals surface area contributed by atoms with E-state index in [-0.39, 0.29) is 0 Å². The fourth-order valence-electron chi connectivity index (χ4n) is 3.81. The Labute approximate surface area is 128 Å². The first-order chi connectivity index (χ1) is 9.88. The van der Waals surface area contributed by atoms with Crippen LogP contribution in [-0.2, 0) is 0 Å². The molecule has 20 heavy (non-hydrogen) atoms. The molecule has 1 fully saturated rings. The number of unbranched alkanes of at least 4 members (excludes halogenated alkanes) is 9. The lowest BCUT2D eigenvalue weighted by molar-refractivity contribution is 0.370. The lowest BCUT2D eigenvalue weighted by Crippen LogP contribution is -2.32. The predicted octanol–water partition coefficient (Wildman–Crippen LogP) is 6.08. The molecule has 1 N–H and O–H groups in total. The van der Waals surface area contributed by atoms with Gasteiger partial charge in [0.15, 0.2) is 0 Å². The van der Waals surface area contributed by atoms with Crippen molar-refractivity contribution in [1.29, 1.82) is 0 Å². The fourth-order valence-corrected chi connectivity index (χ4v) is 3.81. The zero-order valence-corrected chi connectivity index (χ0v) is 14.3. The van der Waals surface area contributed by atoms with Gasteiger partial charge in [-0.15, -0.1) is 0 Å². The number of hydrogen-bond acceptors (Lipinski definition) is 1. The molecule has 2 unspecified atom stereocenters. The summed E-state index contributed by atoms with van der Waals surface area (Å²) in [5.74, 6) is 0.990. The van der Waals surface area contributed by atoms with Crippen molar-refractivity contribution < 1.29 is 0 Å². The second-order valence-electron chi connectivity index (χ2n) is 6.83. The largest absolute Gasteiger partial charge is 0.314 e. The molecule has 0 radical (unpaired) electrons. The van der Waals surface area contributed by atoms with E-state index < -0.39 is 0 Å². The molecular formula is C19H39N. The third-order valence-corrected chi connectivity index (χ3v) is 5.05. The molecule has 1 saturated carbocycles. The molecule has 0 aromatic rings. The molecule has 0 heterocycles. The van der Waals surface area contributed by atoms with Gasteiger partial charge in [0.2, 0.25) is 0 Å². The van der Waals surface area contributed by atoms with Crippen molar-refractivity contribution in [2.75, 3.05) is 6.54 Å². The minimum Gasteiger partial charge on any atom is -0.314 e. The molecule has 1 aliphatic rings. The summed E-state index contributed by atoms with van der Waals surface area (Å²) in [6.07, 6.45) is 20.5. The van der Waals surface area contributed by atoms with Gasteiger partial charge in [0, 0.05) is 6.04 Å². The second kappa shape index (κ2) is 12.7. The van der Waals surface area contributed by atoms with Crippen molar-refractivity contribution in [2.24, 2.45) is 5.92 Å². The molecule has 120 valence electrons. The molecule has 1 aliphatic carbocycles. The highest BCUT2D eigenvalue weighted by atomic mass is 14.9. The molecular weight excluding hydrogens is 242 g/mol. The van der Waals surface area contributed by atoms with E-state index in [1.165, 1.54) is 89.9 Å². The Balaban J connectivity index is 1.84. The molecule has 0 aromatic heterocycles. The highest BCUT2D eigenvalue weighted by molar-refractivity contribution is 4.82. The Morgan fingerprint density at radius 2 is 1.35 bits per heavy atom. The minimum atomic E-state index is 0.846. The summed E-state index contributed by atoms with van der Waals surface area (Å²) >= 11 is 0. The normalized spacial score (nSPS) is 22.5. The highest BCUT2D eigenvalue weighted by Gasteiger charge is 2.25. The van der Waals surface area contributed by atoms with E-state index in [4.69, 9.17) is 0 Å². The van der Waals surface area contributed by atoms with Crippen LogP contribution >= 0.6 is 0 Å². The molecule has 1 nitrogen and oxygen atoms in total. The van der Waals surface area contributed by atoms with Gasteiger partial charge in [0.1, 0.15) is 0 Å². The molecule has 0 aromatic carbocycles. The number of rotatable bonds is 13. The maximum atomic E-state index is 3.68. The smallest absolute Gasteiger partial charge is 0.00952 e. The Bertz CT molecular complexity index is 202. The monoisotopic (exact) mass is 281 g/mol. The summed E-state index contributed by atoms with van der Waals surface area (Å²) in [6, 6.07) is 0.846. The average Bonchev–Trinajstić information content (AvgIpc) is 2.89. The van der Waals surface area contributed by atoms with Crippen LogP contribution in [0.1, 0.15) is 104 Å². The van der Waals surface area contributed by atoms with Crippen LogP contribution in [0.5, 0.6) is 0 Å². The maximum Gasteiger partial charge on any atom is 0.00952 e. The second-order valence-corrected chi connectivity index (χ2v) is 6.83. The summed E-state index contributed by atoms with van der Waals surface area (Å²) in [7, 11) is 0. The van der Waals surface area contributed by atoms with E-state index in [2.05, 4.69) is 19.2 Å². The van der Waals surface area contributed by atoms with Gasteiger partial charge in [-0.2, -0.15) is 0 Å². The van der Waals surface area contributed by atoms with Crippen LogP contribution < -0.4 is 5.32 Å². The lowest BCUT2D eigenvalue weighted by Gasteiger charge is -2.20. The van der Waals surface area contributed by atoms with E-state index >= 15 is 0 Å². The van der Waals surface area contributed by atoms with Gasteiger partial charge in [-0.05, 0) is 31.7 Å². The Kier molecular flexibility index (Phi) is 11.4. The summed E-state index contributed by atoms with van der Waals surface area (Å²) in [6.45, 7) is 5.69. The summed E-state index contributed by atoms with van der Waals surface area (Å²) in [5.41, 5.74) is 0. The van der Waals surface area contributed by atoms with Crippen molar-refractivity contribution in [1.82, 2.24) is 5.32 Å². The Morgan fingerprint density at radius 1 is 0.750 bits per heavy atom. The van der Waals surface area contributed by atoms with E-state index in [9.17, 15) is 0 Å². The molecule has 1 heteroatoms. The van der Waals surface area contributed by atoms with E-state index in [1.807, 2.05) is 0 Å². The van der Waals surface area contributed by atoms with Crippen molar-refractivity contribution in [3.8, 4) is 0 Å². The first-order valence-corrected chi connectivity index (χ1v) is 9.61. The minimum absolute atomic E-state index is 0.846. The Hall–Kier alpha value is -0.0400. The summed E-state index contributed by atoms with van der Waals surface area (Å²) in [4.78, 5) is 0. The third-order valence-electron chi connectivity index (χ3n) is 5.05. The number of hydrogen-bond donors (Lipinski definition) is 1. The molecule has 0 amide bonds. The zero-order chi connectivity index (χ0) is 14.5. The van der Waals surface area contributed by atoms with Crippen LogP contribution in [0, 0.1) is 5.92 Å². The average molecular weight is 282 g/mol. The number of nitrogens with one attached hydrogen (secondary N) is 1. The predicted molar refractivity (Wildman–Crippen MR) is 91.3 cm³/mol. The van der Waals surface area contributed by atoms with Crippen molar-refractivity contribution in [2.45, 2.75) is 110 Å². The van der Waals surface area contributed by atoms with Crippen LogP contribution in [0.4, 0.5) is 0 Å². The van der Waals surface area contributed by atoms with Gasteiger partial charge in [0.05, 0.1) is 0 Å². The molecule has 0 saturated heterocycles. The van der Waals surface area contributed by atoms with Gasteiger partial charge in [-0.25, -0.2) is 0 Å². The summed E-state index contributed by atoms with van der Waals surface area (Å²) < 4.78 is 0. The van der Waals surface area contributed by atoms with Crippen molar-refractivity contribution in [3.05, 3.63) is 0 Å². The maximum absolute atomic E-state index is 3.68. The third kappa shape index (κ3) is 8.29. The quantitative estimate of drug-likeness (QED) is 0.404. The first kappa shape index (κ1) is 18.0. The zero-order valence-electron chi connectivity index (χ0n) is 14.3. The Morgan fingerprint density at radius 3 is 1.95 bits per heavy atom. The van der Waals surface area contributed by atoms with Crippen LogP contribution in [0.15, 0.2) is 0 Å². The lowest BCUT2D eigenvalue weighted by atomic mass is 9.95. The van der Waals surface area contributed by atoms with E-state index in [1.54, 1.807) is 0 Å². The van der Waals surface area contributed by atoms with Gasteiger partial charge in [-0.3, -0.25) is 0 Å². The van der Waals surface area contributed by atoms with Gasteiger partial charge in [0.25, 0.3) is 0 Å². The van der Waals surface area contributed by atoms with Gasteiger partial charge >= 0.3 is 0 Å². The SMILES string of the molecule is CCCCCCCCCCCCC1CCCC1NCC. The van der Waals surface area contributed by atoms with Crippen LogP contribution in [0.25, 0.3) is 0 Å². The molecule has 0 spiro atoms. The molecule has 1 rings (SSSR count). The van der Waals surface area contributed by atoms with Crippen LogP contribution in [-0.4, -0.2) is 12.6 Å². The highest BCUT2D eigenvalue weighted by Crippen LogP contribution is 2.30. The van der Waals surface area contributed by atoms with Crippen LogP contribution in [0.3, 0.4) is 0 Å². The topological polar surface area (TPSA) is 12.0 Å². The van der Waals surface area contributed by atoms with E-state index in [0.717, 1.165) is 18.5 Å². The van der Waals surface area contributed by atoms with Gasteiger partial charge in [-0.1, -0.05) is 84.5 Å². The molecule has 0 aliphatic heterocycles. The fraction of sp³-hybridized carbons (Fsp3) is 1.00. The van der Waals surface area contributed by atoms with Crippen molar-refractivity contribution in [3.63, 3.8) is 0 Å². The van der Waals surface area contributed by atoms with Gasteiger partial charge < -0.3 is 5.32 Å². The first-order valence-electron chi connectivity index (χ1n) is 9.61. The molecule has 2 atom stereocenters. The standard InChI is InChI=1S/C19H39N/c1-3-5-6-7-8-9-10-11-12-13-15-18-16-14-17-19(18)20-4-2/h18-20H,3-17H2,1-2H3.